The maximum absolute atomic E-state index is 6.45. The number of benzene rings is 2. The van der Waals surface area contributed by atoms with Crippen molar-refractivity contribution in [1.29, 1.82) is 0 Å². The van der Waals surface area contributed by atoms with Gasteiger partial charge in [-0.2, -0.15) is 0 Å². The Morgan fingerprint density at radius 1 is 1.00 bits per heavy atom. The largest absolute Gasteiger partial charge is 0.378 e. The van der Waals surface area contributed by atoms with Gasteiger partial charge in [0.1, 0.15) is 0 Å². The van der Waals surface area contributed by atoms with Crippen LogP contribution in [0.1, 0.15) is 29.5 Å². The van der Waals surface area contributed by atoms with Crippen molar-refractivity contribution in [2.45, 2.75) is 18.4 Å². The maximum atomic E-state index is 6.45. The first-order valence-electron chi connectivity index (χ1n) is 7.31. The topological polar surface area (TPSA) is 12.0 Å². The zero-order valence-electron chi connectivity index (χ0n) is 11.7. The molecule has 1 N–H and O–H groups in total. The summed E-state index contributed by atoms with van der Waals surface area (Å²) in [5, 5.41) is 5.79. The van der Waals surface area contributed by atoms with Crippen LogP contribution in [-0.4, -0.2) is 0 Å². The third kappa shape index (κ3) is 2.23. The molecule has 2 aliphatic rings. The first-order valence-corrected chi connectivity index (χ1v) is 8.45. The average Bonchev–Trinajstić information content (AvgIpc) is 2.95. The number of halogens is 3. The monoisotopic (exact) mass is 349 g/mol. The Bertz CT molecular complexity index is 769. The van der Waals surface area contributed by atoms with Crippen LogP contribution in [-0.2, 0) is 0 Å². The molecule has 4 heteroatoms. The van der Waals surface area contributed by atoms with E-state index in [1.54, 1.807) is 0 Å². The summed E-state index contributed by atoms with van der Waals surface area (Å²) in [5.74, 6) is 0.730. The van der Waals surface area contributed by atoms with E-state index in [1.165, 1.54) is 0 Å². The molecule has 0 amide bonds. The van der Waals surface area contributed by atoms with Crippen LogP contribution in [0.5, 0.6) is 0 Å². The smallest absolute Gasteiger partial charge is 0.0568 e. The lowest BCUT2D eigenvalue weighted by atomic mass is 9.77. The van der Waals surface area contributed by atoms with Crippen molar-refractivity contribution >= 4 is 40.5 Å². The SMILES string of the molecule is Clc1cc(Cl)c2c(c1)NC(c1ccccc1Cl)C1CC=CC21. The summed E-state index contributed by atoms with van der Waals surface area (Å²) in [5.41, 5.74) is 3.29. The summed E-state index contributed by atoms with van der Waals surface area (Å²) in [4.78, 5) is 0. The summed E-state index contributed by atoms with van der Waals surface area (Å²) in [6.45, 7) is 0. The van der Waals surface area contributed by atoms with Gasteiger partial charge in [-0.1, -0.05) is 65.2 Å². The van der Waals surface area contributed by atoms with Crippen molar-refractivity contribution in [2.75, 3.05) is 5.32 Å². The molecule has 0 radical (unpaired) electrons. The molecule has 2 aromatic rings. The second kappa shape index (κ2) is 5.49. The summed E-state index contributed by atoms with van der Waals surface area (Å²) < 4.78 is 0. The fourth-order valence-electron chi connectivity index (χ4n) is 3.68. The van der Waals surface area contributed by atoms with Crippen molar-refractivity contribution in [2.24, 2.45) is 5.92 Å². The molecule has 112 valence electrons. The van der Waals surface area contributed by atoms with E-state index in [0.29, 0.717) is 16.9 Å². The zero-order valence-corrected chi connectivity index (χ0v) is 14.0. The summed E-state index contributed by atoms with van der Waals surface area (Å²) in [6.07, 6.45) is 5.51. The predicted octanol–water partition coefficient (Wildman–Crippen LogP) is 6.47. The van der Waals surface area contributed by atoms with E-state index in [2.05, 4.69) is 23.5 Å². The first kappa shape index (κ1) is 14.4. The van der Waals surface area contributed by atoms with E-state index in [1.807, 2.05) is 30.3 Å². The maximum Gasteiger partial charge on any atom is 0.0568 e. The van der Waals surface area contributed by atoms with Gasteiger partial charge in [0.15, 0.2) is 0 Å². The first-order chi connectivity index (χ1) is 10.6. The highest BCUT2D eigenvalue weighted by Gasteiger charge is 2.39. The second-order valence-electron chi connectivity index (χ2n) is 5.85. The standard InChI is InChI=1S/C18H14Cl3N/c19-10-8-15(21)17-11-5-3-6-12(11)18(22-16(17)9-10)13-4-1-2-7-14(13)20/h1-5,7-9,11-12,18,22H,6H2. The molecule has 0 bridgehead atoms. The Hall–Kier alpha value is -1.15. The summed E-state index contributed by atoms with van der Waals surface area (Å²) in [7, 11) is 0. The number of hydrogen-bond donors (Lipinski definition) is 1. The number of rotatable bonds is 1. The van der Waals surface area contributed by atoms with Crippen molar-refractivity contribution < 1.29 is 0 Å². The molecule has 3 atom stereocenters. The third-order valence-electron chi connectivity index (χ3n) is 4.62. The van der Waals surface area contributed by atoms with Crippen molar-refractivity contribution in [3.05, 3.63) is 74.7 Å². The molecule has 3 unspecified atom stereocenters. The molecule has 1 nitrogen and oxygen atoms in total. The lowest BCUT2D eigenvalue weighted by Crippen LogP contribution is -2.29. The van der Waals surface area contributed by atoms with Crippen LogP contribution >= 0.6 is 34.8 Å². The number of nitrogens with one attached hydrogen (secondary N) is 1. The van der Waals surface area contributed by atoms with Crippen molar-refractivity contribution in [1.82, 2.24) is 0 Å². The summed E-state index contributed by atoms with van der Waals surface area (Å²) in [6, 6.07) is 12.0. The summed E-state index contributed by atoms with van der Waals surface area (Å²) >= 11 is 19.1. The van der Waals surface area contributed by atoms with E-state index >= 15 is 0 Å². The molecule has 0 aromatic heterocycles. The van der Waals surface area contributed by atoms with Crippen LogP contribution in [0.2, 0.25) is 15.1 Å². The molecule has 0 saturated carbocycles. The van der Waals surface area contributed by atoms with E-state index in [-0.39, 0.29) is 6.04 Å². The number of anilines is 1. The van der Waals surface area contributed by atoms with Gasteiger partial charge in [-0.15, -0.1) is 0 Å². The Labute approximate surface area is 144 Å². The van der Waals surface area contributed by atoms with Crippen molar-refractivity contribution in [3.8, 4) is 0 Å². The lowest BCUT2D eigenvalue weighted by molar-refractivity contribution is 0.426. The van der Waals surface area contributed by atoms with Gasteiger partial charge in [-0.05, 0) is 36.1 Å². The number of allylic oxidation sites excluding steroid dienone is 2. The van der Waals surface area contributed by atoms with E-state index < -0.39 is 0 Å². The van der Waals surface area contributed by atoms with Crippen LogP contribution < -0.4 is 5.32 Å². The van der Waals surface area contributed by atoms with Crippen molar-refractivity contribution in [3.63, 3.8) is 0 Å². The molecular formula is C18H14Cl3N. The lowest BCUT2D eigenvalue weighted by Gasteiger charge is -2.38. The van der Waals surface area contributed by atoms with Crippen LogP contribution in [0.15, 0.2) is 48.6 Å². The van der Waals surface area contributed by atoms with Gasteiger partial charge in [0, 0.05) is 32.2 Å². The minimum Gasteiger partial charge on any atom is -0.378 e. The molecule has 2 aromatic carbocycles. The fraction of sp³-hybridized carbons (Fsp3) is 0.222. The molecule has 4 rings (SSSR count). The molecule has 1 aliphatic heterocycles. The van der Waals surface area contributed by atoms with Gasteiger partial charge >= 0.3 is 0 Å². The Balaban J connectivity index is 1.86. The van der Waals surface area contributed by atoms with Gasteiger partial charge in [-0.25, -0.2) is 0 Å². The van der Waals surface area contributed by atoms with Gasteiger partial charge < -0.3 is 5.32 Å². The quantitative estimate of drug-likeness (QED) is 0.581. The molecule has 22 heavy (non-hydrogen) atoms. The van der Waals surface area contributed by atoms with Crippen LogP contribution in [0.3, 0.4) is 0 Å². The normalized spacial score (nSPS) is 25.5. The van der Waals surface area contributed by atoms with E-state index in [0.717, 1.165) is 33.3 Å². The molecular weight excluding hydrogens is 337 g/mol. The Morgan fingerprint density at radius 3 is 2.64 bits per heavy atom. The third-order valence-corrected chi connectivity index (χ3v) is 5.50. The number of hydrogen-bond acceptors (Lipinski definition) is 1. The average molecular weight is 351 g/mol. The zero-order chi connectivity index (χ0) is 15.3. The fourth-order valence-corrected chi connectivity index (χ4v) is 4.55. The van der Waals surface area contributed by atoms with Gasteiger partial charge in [-0.3, -0.25) is 0 Å². The van der Waals surface area contributed by atoms with E-state index in [9.17, 15) is 0 Å². The molecule has 0 spiro atoms. The van der Waals surface area contributed by atoms with Crippen LogP contribution in [0, 0.1) is 5.92 Å². The van der Waals surface area contributed by atoms with Gasteiger partial charge in [0.25, 0.3) is 0 Å². The minimum atomic E-state index is 0.163. The Kier molecular flexibility index (Phi) is 3.60. The van der Waals surface area contributed by atoms with Gasteiger partial charge in [0.05, 0.1) is 6.04 Å². The number of fused-ring (bicyclic) bond motifs is 3. The minimum absolute atomic E-state index is 0.163. The van der Waals surface area contributed by atoms with E-state index in [4.69, 9.17) is 34.8 Å². The molecule has 0 saturated heterocycles. The second-order valence-corrected chi connectivity index (χ2v) is 7.10. The van der Waals surface area contributed by atoms with Crippen LogP contribution in [0.4, 0.5) is 5.69 Å². The highest BCUT2D eigenvalue weighted by Crippen LogP contribution is 2.53. The predicted molar refractivity (Wildman–Crippen MR) is 94.3 cm³/mol. The molecule has 1 aliphatic carbocycles. The molecule has 0 fully saturated rings. The molecule has 1 heterocycles. The van der Waals surface area contributed by atoms with Crippen LogP contribution in [0.25, 0.3) is 0 Å². The Morgan fingerprint density at radius 2 is 1.82 bits per heavy atom. The van der Waals surface area contributed by atoms with Gasteiger partial charge in [0.2, 0.25) is 0 Å². The highest BCUT2D eigenvalue weighted by atomic mass is 35.5. The highest BCUT2D eigenvalue weighted by molar-refractivity contribution is 6.35.